The van der Waals surface area contributed by atoms with Gasteiger partial charge >= 0.3 is 12.1 Å². The molecule has 4 atom stereocenters. The average molecular weight is 449 g/mol. The number of amides is 2. The van der Waals surface area contributed by atoms with Gasteiger partial charge in [-0.3, -0.25) is 9.59 Å². The number of benzene rings is 2. The fraction of sp³-hybridized carbons (Fsp3) is 0.423. The van der Waals surface area contributed by atoms with Crippen molar-refractivity contribution in [2.75, 3.05) is 19.7 Å². The smallest absolute Gasteiger partial charge is 0.407 e. The van der Waals surface area contributed by atoms with Crippen molar-refractivity contribution < 1.29 is 24.2 Å². The monoisotopic (exact) mass is 448 g/mol. The summed E-state index contributed by atoms with van der Waals surface area (Å²) in [5.41, 5.74) is 4.66. The number of carboxylic acids is 1. The molecular weight excluding hydrogens is 420 g/mol. The number of fused-ring (bicyclic) bond motifs is 4. The number of ether oxygens (including phenoxy) is 1. The maximum Gasteiger partial charge on any atom is 0.407 e. The maximum atomic E-state index is 12.7. The number of aliphatic carboxylic acids is 1. The van der Waals surface area contributed by atoms with Crippen molar-refractivity contribution in [3.63, 3.8) is 0 Å². The second kappa shape index (κ2) is 8.54. The minimum absolute atomic E-state index is 0.0108. The van der Waals surface area contributed by atoms with Crippen LogP contribution in [0, 0.1) is 17.8 Å². The van der Waals surface area contributed by atoms with Crippen LogP contribution < -0.4 is 5.32 Å². The number of carbonyl (C=O) groups is 3. The van der Waals surface area contributed by atoms with Gasteiger partial charge in [-0.15, -0.1) is 0 Å². The molecule has 0 bridgehead atoms. The van der Waals surface area contributed by atoms with E-state index in [1.165, 1.54) is 11.1 Å². The number of carboxylic acid groups (broad SMARTS) is 1. The largest absolute Gasteiger partial charge is 0.481 e. The zero-order chi connectivity index (χ0) is 23.1. The molecule has 2 aromatic rings. The summed E-state index contributed by atoms with van der Waals surface area (Å²) in [7, 11) is 0. The lowest BCUT2D eigenvalue weighted by Crippen LogP contribution is -2.41. The highest BCUT2D eigenvalue weighted by Crippen LogP contribution is 2.51. The molecule has 1 aliphatic heterocycles. The highest BCUT2D eigenvalue weighted by Gasteiger charge is 2.60. The Morgan fingerprint density at radius 2 is 1.61 bits per heavy atom. The predicted molar refractivity (Wildman–Crippen MR) is 122 cm³/mol. The number of hydrogen-bond donors (Lipinski definition) is 2. The van der Waals surface area contributed by atoms with Crippen molar-refractivity contribution >= 4 is 18.0 Å². The van der Waals surface area contributed by atoms with E-state index < -0.39 is 12.1 Å². The number of likely N-dealkylation sites (tertiary alicyclic amines) is 1. The van der Waals surface area contributed by atoms with Crippen LogP contribution in [-0.2, 0) is 14.3 Å². The zero-order valence-corrected chi connectivity index (χ0v) is 18.6. The van der Waals surface area contributed by atoms with E-state index >= 15 is 0 Å². The van der Waals surface area contributed by atoms with Crippen LogP contribution >= 0.6 is 0 Å². The first-order chi connectivity index (χ1) is 16.0. The number of nitrogens with zero attached hydrogens (tertiary/aromatic N) is 1. The van der Waals surface area contributed by atoms with Crippen molar-refractivity contribution in [2.45, 2.75) is 31.7 Å². The van der Waals surface area contributed by atoms with Crippen molar-refractivity contribution in [1.82, 2.24) is 10.2 Å². The summed E-state index contributed by atoms with van der Waals surface area (Å²) < 4.78 is 5.60. The number of piperidine rings is 1. The first-order valence-electron chi connectivity index (χ1n) is 11.6. The Bertz CT molecular complexity index is 1040. The third kappa shape index (κ3) is 3.96. The number of hydrogen-bond acceptors (Lipinski definition) is 4. The molecule has 2 aromatic carbocycles. The van der Waals surface area contributed by atoms with Crippen LogP contribution in [0.4, 0.5) is 4.79 Å². The summed E-state index contributed by atoms with van der Waals surface area (Å²) in [5.74, 6) is -0.945. The van der Waals surface area contributed by atoms with E-state index in [2.05, 4.69) is 29.6 Å². The lowest BCUT2D eigenvalue weighted by atomic mass is 9.98. The fourth-order valence-corrected chi connectivity index (χ4v) is 5.54. The van der Waals surface area contributed by atoms with Gasteiger partial charge in [-0.2, -0.15) is 0 Å². The molecule has 1 saturated heterocycles. The van der Waals surface area contributed by atoms with Gasteiger partial charge < -0.3 is 20.1 Å². The number of nitrogens with one attached hydrogen (secondary N) is 1. The third-order valence-corrected chi connectivity index (χ3v) is 7.41. The molecule has 2 N–H and O–H groups in total. The Labute approximate surface area is 192 Å². The van der Waals surface area contributed by atoms with Gasteiger partial charge in [-0.05, 0) is 40.5 Å². The molecular formula is C26H28N2O5. The molecule has 7 heteroatoms. The normalized spacial score (nSPS) is 23.3. The summed E-state index contributed by atoms with van der Waals surface area (Å²) in [6, 6.07) is 16.0. The number of carbonyl (C=O) groups excluding carboxylic acids is 2. The molecule has 2 fully saturated rings. The second-order valence-electron chi connectivity index (χ2n) is 9.27. The van der Waals surface area contributed by atoms with Crippen LogP contribution in [0.3, 0.4) is 0 Å². The van der Waals surface area contributed by atoms with E-state index in [0.29, 0.717) is 19.5 Å². The summed E-state index contributed by atoms with van der Waals surface area (Å²) in [6.45, 7) is 3.16. The predicted octanol–water partition coefficient (Wildman–Crippen LogP) is 3.48. The minimum atomic E-state index is -0.763. The first-order valence-corrected chi connectivity index (χ1v) is 11.6. The highest BCUT2D eigenvalue weighted by atomic mass is 16.5. The van der Waals surface area contributed by atoms with E-state index in [9.17, 15) is 14.4 Å². The van der Waals surface area contributed by atoms with Gasteiger partial charge in [-0.1, -0.05) is 55.5 Å². The van der Waals surface area contributed by atoms with Crippen molar-refractivity contribution in [1.29, 1.82) is 0 Å². The summed E-state index contributed by atoms with van der Waals surface area (Å²) in [6.07, 6.45) is 0.276. The third-order valence-electron chi connectivity index (χ3n) is 7.41. The molecule has 2 unspecified atom stereocenters. The SMILES string of the molecule is CCC(CC(=O)N1C[C@@H]2C(C(=O)O)[C@@H]2C1)NC(=O)OCC1c2ccccc2-c2ccccc21. The van der Waals surface area contributed by atoms with Crippen LogP contribution in [0.15, 0.2) is 48.5 Å². The Kier molecular flexibility index (Phi) is 5.56. The molecule has 0 radical (unpaired) electrons. The Hall–Kier alpha value is -3.35. The van der Waals surface area contributed by atoms with Crippen LogP contribution in [-0.4, -0.2) is 53.7 Å². The van der Waals surface area contributed by atoms with E-state index in [4.69, 9.17) is 9.84 Å². The molecule has 0 aromatic heterocycles. The molecule has 1 heterocycles. The molecule has 2 aliphatic carbocycles. The van der Waals surface area contributed by atoms with Crippen LogP contribution in [0.1, 0.15) is 36.8 Å². The van der Waals surface area contributed by atoms with E-state index in [1.54, 1.807) is 4.90 Å². The van der Waals surface area contributed by atoms with Gasteiger partial charge in [0, 0.05) is 31.5 Å². The van der Waals surface area contributed by atoms with Gasteiger partial charge in [0.2, 0.25) is 5.91 Å². The second-order valence-corrected chi connectivity index (χ2v) is 9.27. The highest BCUT2D eigenvalue weighted by molar-refractivity contribution is 5.81. The number of alkyl carbamates (subject to hydrolysis) is 1. The zero-order valence-electron chi connectivity index (χ0n) is 18.6. The van der Waals surface area contributed by atoms with Gasteiger partial charge in [-0.25, -0.2) is 4.79 Å². The number of rotatable bonds is 7. The quantitative estimate of drug-likeness (QED) is 0.676. The minimum Gasteiger partial charge on any atom is -0.481 e. The molecule has 172 valence electrons. The van der Waals surface area contributed by atoms with Gasteiger partial charge in [0.15, 0.2) is 0 Å². The molecule has 2 amide bonds. The van der Waals surface area contributed by atoms with Crippen LogP contribution in [0.5, 0.6) is 0 Å². The van der Waals surface area contributed by atoms with Crippen molar-refractivity contribution in [3.05, 3.63) is 59.7 Å². The summed E-state index contributed by atoms with van der Waals surface area (Å²) in [4.78, 5) is 38.1. The standard InChI is InChI=1S/C26H28N2O5/c1-2-15(11-23(29)28-12-20-21(13-28)24(20)25(30)31)27-26(32)33-14-22-18-9-5-3-7-16(18)17-8-4-6-10-19(17)22/h3-10,15,20-22,24H,2,11-14H2,1H3,(H,27,32)(H,30,31)/t15?,20-,21+,24?. The maximum absolute atomic E-state index is 12.7. The fourth-order valence-electron chi connectivity index (χ4n) is 5.54. The Morgan fingerprint density at radius 3 is 2.15 bits per heavy atom. The molecule has 5 rings (SSSR count). The summed E-state index contributed by atoms with van der Waals surface area (Å²) in [5, 5.41) is 12.0. The van der Waals surface area contributed by atoms with Crippen molar-refractivity contribution in [2.24, 2.45) is 17.8 Å². The van der Waals surface area contributed by atoms with Gasteiger partial charge in [0.1, 0.15) is 6.61 Å². The van der Waals surface area contributed by atoms with Crippen LogP contribution in [0.25, 0.3) is 11.1 Å². The van der Waals surface area contributed by atoms with Crippen LogP contribution in [0.2, 0.25) is 0 Å². The molecule has 7 nitrogen and oxygen atoms in total. The average Bonchev–Trinajstić information content (AvgIpc) is 3.17. The summed E-state index contributed by atoms with van der Waals surface area (Å²) >= 11 is 0. The lowest BCUT2D eigenvalue weighted by Gasteiger charge is -2.23. The van der Waals surface area contributed by atoms with E-state index in [-0.39, 0.29) is 48.6 Å². The topological polar surface area (TPSA) is 95.9 Å². The van der Waals surface area contributed by atoms with Crippen molar-refractivity contribution in [3.8, 4) is 11.1 Å². The molecule has 1 saturated carbocycles. The molecule has 0 spiro atoms. The molecule has 3 aliphatic rings. The Morgan fingerprint density at radius 1 is 1.03 bits per heavy atom. The van der Waals surface area contributed by atoms with Gasteiger partial charge in [0.25, 0.3) is 0 Å². The van der Waals surface area contributed by atoms with E-state index in [1.807, 2.05) is 31.2 Å². The lowest BCUT2D eigenvalue weighted by molar-refractivity contribution is -0.141. The first kappa shape index (κ1) is 21.5. The molecule has 33 heavy (non-hydrogen) atoms. The Balaban J connectivity index is 1.14. The van der Waals surface area contributed by atoms with Gasteiger partial charge in [0.05, 0.1) is 5.92 Å². The van der Waals surface area contributed by atoms with E-state index in [0.717, 1.165) is 11.1 Å².